The first kappa shape index (κ1) is 13.0. The van der Waals surface area contributed by atoms with Gasteiger partial charge in [-0.2, -0.15) is 0 Å². The Balaban J connectivity index is 2.69. The molecule has 1 atom stereocenters. The predicted octanol–water partition coefficient (Wildman–Crippen LogP) is 2.57. The van der Waals surface area contributed by atoms with Crippen LogP contribution in [0.4, 0.5) is 5.69 Å². The molecule has 4 heteroatoms. The number of carbonyl (C=O) groups excluding carboxylic acids is 1. The van der Waals surface area contributed by atoms with Crippen LogP contribution in [-0.4, -0.2) is 12.5 Å². The molecule has 0 heterocycles. The highest BCUT2D eigenvalue weighted by Gasteiger charge is 2.13. The molecule has 1 aromatic rings. The Labute approximate surface area is 101 Å². The molecule has 0 aliphatic rings. The van der Waals surface area contributed by atoms with Gasteiger partial charge in [-0.3, -0.25) is 4.79 Å². The van der Waals surface area contributed by atoms with Crippen molar-refractivity contribution < 1.29 is 4.79 Å². The van der Waals surface area contributed by atoms with Crippen LogP contribution in [0.3, 0.4) is 0 Å². The number of carbonyl (C=O) groups is 1. The van der Waals surface area contributed by atoms with Crippen molar-refractivity contribution in [2.24, 2.45) is 11.7 Å². The Morgan fingerprint density at radius 1 is 1.56 bits per heavy atom. The lowest BCUT2D eigenvalue weighted by Gasteiger charge is -2.12. The number of rotatable bonds is 4. The number of hydrogen-bond donors (Lipinski definition) is 2. The van der Waals surface area contributed by atoms with Gasteiger partial charge in [0.25, 0.3) is 0 Å². The summed E-state index contributed by atoms with van der Waals surface area (Å²) in [6.07, 6.45) is 0.676. The van der Waals surface area contributed by atoms with Crippen LogP contribution in [0.5, 0.6) is 0 Å². The zero-order valence-electron chi connectivity index (χ0n) is 9.59. The summed E-state index contributed by atoms with van der Waals surface area (Å²) in [7, 11) is 0. The second kappa shape index (κ2) is 5.87. The van der Waals surface area contributed by atoms with Gasteiger partial charge in [0.1, 0.15) is 0 Å². The van der Waals surface area contributed by atoms with Crippen LogP contribution in [-0.2, 0) is 4.79 Å². The molecule has 1 amide bonds. The lowest BCUT2D eigenvalue weighted by atomic mass is 10.1. The van der Waals surface area contributed by atoms with Crippen molar-refractivity contribution in [3.8, 4) is 0 Å². The quantitative estimate of drug-likeness (QED) is 0.850. The van der Waals surface area contributed by atoms with E-state index in [0.29, 0.717) is 23.7 Å². The Morgan fingerprint density at radius 2 is 2.25 bits per heavy atom. The Morgan fingerprint density at radius 3 is 2.81 bits per heavy atom. The number of halogens is 1. The monoisotopic (exact) mass is 240 g/mol. The molecule has 0 saturated carbocycles. The fourth-order valence-electron chi connectivity index (χ4n) is 1.36. The van der Waals surface area contributed by atoms with Gasteiger partial charge in [-0.15, -0.1) is 0 Å². The standard InChI is InChI=1S/C12H17ClN2O/c1-8-3-4-11(10(13)7-8)15-12(16)9(2)5-6-14/h3-4,7,9H,5-6,14H2,1-2H3,(H,15,16). The molecule has 16 heavy (non-hydrogen) atoms. The zero-order valence-corrected chi connectivity index (χ0v) is 10.3. The van der Waals surface area contributed by atoms with Gasteiger partial charge in [0, 0.05) is 5.92 Å². The lowest BCUT2D eigenvalue weighted by molar-refractivity contribution is -0.119. The van der Waals surface area contributed by atoms with E-state index in [4.69, 9.17) is 17.3 Å². The summed E-state index contributed by atoms with van der Waals surface area (Å²) in [6.45, 7) is 4.31. The molecule has 0 bridgehead atoms. The normalized spacial score (nSPS) is 12.2. The molecular weight excluding hydrogens is 224 g/mol. The van der Waals surface area contributed by atoms with Crippen molar-refractivity contribution in [2.45, 2.75) is 20.3 Å². The molecule has 3 nitrogen and oxygen atoms in total. The fourth-order valence-corrected chi connectivity index (χ4v) is 1.64. The van der Waals surface area contributed by atoms with E-state index >= 15 is 0 Å². The minimum absolute atomic E-state index is 0.0452. The van der Waals surface area contributed by atoms with Gasteiger partial charge in [0.2, 0.25) is 5.91 Å². The van der Waals surface area contributed by atoms with Crippen molar-refractivity contribution in [2.75, 3.05) is 11.9 Å². The van der Waals surface area contributed by atoms with Gasteiger partial charge in [-0.1, -0.05) is 24.6 Å². The highest BCUT2D eigenvalue weighted by atomic mass is 35.5. The van der Waals surface area contributed by atoms with Gasteiger partial charge in [0.15, 0.2) is 0 Å². The van der Waals surface area contributed by atoms with Crippen molar-refractivity contribution in [1.29, 1.82) is 0 Å². The second-order valence-electron chi connectivity index (χ2n) is 3.95. The van der Waals surface area contributed by atoms with Crippen LogP contribution in [0.2, 0.25) is 5.02 Å². The molecule has 0 radical (unpaired) electrons. The molecule has 0 aliphatic carbocycles. The minimum atomic E-state index is -0.0950. The molecule has 1 rings (SSSR count). The molecule has 0 fully saturated rings. The number of hydrogen-bond acceptors (Lipinski definition) is 2. The Bertz CT molecular complexity index is 379. The van der Waals surface area contributed by atoms with Crippen molar-refractivity contribution in [1.82, 2.24) is 0 Å². The topological polar surface area (TPSA) is 55.1 Å². The highest BCUT2D eigenvalue weighted by molar-refractivity contribution is 6.33. The van der Waals surface area contributed by atoms with Gasteiger partial charge in [-0.05, 0) is 37.6 Å². The maximum absolute atomic E-state index is 11.7. The van der Waals surface area contributed by atoms with Crippen molar-refractivity contribution in [3.05, 3.63) is 28.8 Å². The van der Waals surface area contributed by atoms with Crippen LogP contribution in [0.25, 0.3) is 0 Å². The highest BCUT2D eigenvalue weighted by Crippen LogP contribution is 2.23. The molecule has 0 aromatic heterocycles. The average molecular weight is 241 g/mol. The average Bonchev–Trinajstić information content (AvgIpc) is 2.22. The number of amides is 1. The van der Waals surface area contributed by atoms with E-state index in [-0.39, 0.29) is 11.8 Å². The lowest BCUT2D eigenvalue weighted by Crippen LogP contribution is -2.22. The smallest absolute Gasteiger partial charge is 0.227 e. The van der Waals surface area contributed by atoms with Crippen LogP contribution in [0.1, 0.15) is 18.9 Å². The summed E-state index contributed by atoms with van der Waals surface area (Å²) in [6, 6.07) is 5.55. The molecule has 1 unspecified atom stereocenters. The summed E-state index contributed by atoms with van der Waals surface area (Å²) >= 11 is 6.02. The number of nitrogens with two attached hydrogens (primary N) is 1. The van der Waals surface area contributed by atoms with E-state index in [0.717, 1.165) is 5.56 Å². The maximum atomic E-state index is 11.7. The van der Waals surface area contributed by atoms with Crippen molar-refractivity contribution >= 4 is 23.2 Å². The fraction of sp³-hybridized carbons (Fsp3) is 0.417. The molecule has 88 valence electrons. The van der Waals surface area contributed by atoms with Gasteiger partial charge >= 0.3 is 0 Å². The number of anilines is 1. The zero-order chi connectivity index (χ0) is 12.1. The van der Waals surface area contributed by atoms with Gasteiger partial charge in [-0.25, -0.2) is 0 Å². The Hall–Kier alpha value is -1.06. The molecular formula is C12H17ClN2O. The van der Waals surface area contributed by atoms with E-state index in [1.807, 2.05) is 32.0 Å². The van der Waals surface area contributed by atoms with E-state index in [9.17, 15) is 4.79 Å². The molecule has 0 spiro atoms. The molecule has 0 saturated heterocycles. The van der Waals surface area contributed by atoms with E-state index in [2.05, 4.69) is 5.32 Å². The third-order valence-electron chi connectivity index (χ3n) is 2.43. The minimum Gasteiger partial charge on any atom is -0.330 e. The summed E-state index contributed by atoms with van der Waals surface area (Å²) in [5, 5.41) is 3.36. The third kappa shape index (κ3) is 3.51. The van der Waals surface area contributed by atoms with Crippen LogP contribution < -0.4 is 11.1 Å². The second-order valence-corrected chi connectivity index (χ2v) is 4.36. The van der Waals surface area contributed by atoms with Crippen LogP contribution >= 0.6 is 11.6 Å². The van der Waals surface area contributed by atoms with Crippen molar-refractivity contribution in [3.63, 3.8) is 0 Å². The molecule has 1 aromatic carbocycles. The van der Waals surface area contributed by atoms with E-state index < -0.39 is 0 Å². The largest absolute Gasteiger partial charge is 0.330 e. The summed E-state index contributed by atoms with van der Waals surface area (Å²) < 4.78 is 0. The van der Waals surface area contributed by atoms with E-state index in [1.165, 1.54) is 0 Å². The number of nitrogens with one attached hydrogen (secondary N) is 1. The summed E-state index contributed by atoms with van der Waals surface area (Å²) in [5.41, 5.74) is 7.13. The predicted molar refractivity (Wildman–Crippen MR) is 67.7 cm³/mol. The van der Waals surface area contributed by atoms with Crippen LogP contribution in [0, 0.1) is 12.8 Å². The molecule has 3 N–H and O–H groups in total. The van der Waals surface area contributed by atoms with E-state index in [1.54, 1.807) is 0 Å². The summed E-state index contributed by atoms with van der Waals surface area (Å²) in [4.78, 5) is 11.7. The Kier molecular flexibility index (Phi) is 4.77. The first-order chi connectivity index (χ1) is 7.54. The maximum Gasteiger partial charge on any atom is 0.227 e. The number of benzene rings is 1. The molecule has 0 aliphatic heterocycles. The van der Waals surface area contributed by atoms with Crippen LogP contribution in [0.15, 0.2) is 18.2 Å². The third-order valence-corrected chi connectivity index (χ3v) is 2.74. The van der Waals surface area contributed by atoms with Gasteiger partial charge < -0.3 is 11.1 Å². The van der Waals surface area contributed by atoms with Gasteiger partial charge in [0.05, 0.1) is 10.7 Å². The first-order valence-electron chi connectivity index (χ1n) is 5.31. The first-order valence-corrected chi connectivity index (χ1v) is 5.69. The summed E-state index contributed by atoms with van der Waals surface area (Å²) in [5.74, 6) is -0.140. The number of aryl methyl sites for hydroxylation is 1. The SMILES string of the molecule is Cc1ccc(NC(=O)C(C)CCN)c(Cl)c1.